The van der Waals surface area contributed by atoms with Crippen LogP contribution in [0.5, 0.6) is 0 Å². The molecule has 0 spiro atoms. The molecule has 0 radical (unpaired) electrons. The van der Waals surface area contributed by atoms with Crippen molar-refractivity contribution in [1.82, 2.24) is 26.3 Å². The van der Waals surface area contributed by atoms with E-state index < -0.39 is 47.8 Å². The molecule has 1 aliphatic heterocycles. The van der Waals surface area contributed by atoms with Gasteiger partial charge in [-0.05, 0) is 29.2 Å². The lowest BCUT2D eigenvalue weighted by atomic mass is 10.0. The van der Waals surface area contributed by atoms with Crippen LogP contribution in [0, 0.1) is 0 Å². The summed E-state index contributed by atoms with van der Waals surface area (Å²) in [5.41, 5.74) is 9.63. The molecule has 1 aromatic heterocycles. The van der Waals surface area contributed by atoms with Crippen LogP contribution in [0.2, 0.25) is 0 Å². The molecule has 1 saturated heterocycles. The first-order valence-electron chi connectivity index (χ1n) is 14.4. The Morgan fingerprint density at radius 3 is 1.98 bits per heavy atom. The molecule has 0 bridgehead atoms. The number of fused-ring (bicyclic) bond motifs is 1. The molecule has 7 N–H and O–H groups in total. The average molecular weight is 581 g/mol. The van der Waals surface area contributed by atoms with Crippen molar-refractivity contribution >= 4 is 34.5 Å². The van der Waals surface area contributed by atoms with E-state index in [1.807, 2.05) is 84.9 Å². The van der Waals surface area contributed by atoms with E-state index in [0.717, 1.165) is 27.6 Å². The average Bonchev–Trinajstić information content (AvgIpc) is 3.42. The SMILES string of the molecule is N[C@@H]1CC(=O)N[C@@H](Cc2c[nH]c3ccccc23)C(=O)N[C@@H](Cc2ccccc2)C(=O)N[C@H](Cc2ccccc2)CNC1=O. The van der Waals surface area contributed by atoms with Crippen molar-refractivity contribution in [2.75, 3.05) is 6.54 Å². The Balaban J connectivity index is 1.45. The maximum Gasteiger partial charge on any atom is 0.243 e. The standard InChI is InChI=1S/C33H36N6O4/c34-26-18-30(40)38-29(17-23-19-35-27-14-8-7-13-25(23)27)33(43)39-28(16-22-11-5-2-6-12-22)32(42)37-24(20-36-31(26)41)15-21-9-3-1-4-10-21/h1-14,19,24,26,28-29,35H,15-18,20,34H2,(H,36,41)(H,37,42)(H,38,40)(H,39,43)/t24-,26-,28+,29+/m1/s1. The summed E-state index contributed by atoms with van der Waals surface area (Å²) in [6.07, 6.45) is 2.35. The summed E-state index contributed by atoms with van der Waals surface area (Å²) in [6.45, 7) is 0.101. The van der Waals surface area contributed by atoms with Crippen molar-refractivity contribution in [2.45, 2.75) is 49.9 Å². The number of carbonyl (C=O) groups excluding carboxylic acids is 4. The summed E-state index contributed by atoms with van der Waals surface area (Å²) >= 11 is 0. The minimum Gasteiger partial charge on any atom is -0.361 e. The quantitative estimate of drug-likeness (QED) is 0.204. The summed E-state index contributed by atoms with van der Waals surface area (Å²) in [7, 11) is 0. The van der Waals surface area contributed by atoms with E-state index in [1.54, 1.807) is 6.20 Å². The van der Waals surface area contributed by atoms with E-state index in [0.29, 0.717) is 6.42 Å². The second kappa shape index (κ2) is 13.8. The van der Waals surface area contributed by atoms with Gasteiger partial charge in [0.05, 0.1) is 18.5 Å². The highest BCUT2D eigenvalue weighted by atomic mass is 16.2. The fourth-order valence-electron chi connectivity index (χ4n) is 5.34. The molecular formula is C33H36N6O4. The van der Waals surface area contributed by atoms with Gasteiger partial charge in [0.1, 0.15) is 12.1 Å². The molecular weight excluding hydrogens is 544 g/mol. The van der Waals surface area contributed by atoms with Gasteiger partial charge in [0.15, 0.2) is 0 Å². The molecule has 2 heterocycles. The van der Waals surface area contributed by atoms with Crippen LogP contribution in [0.3, 0.4) is 0 Å². The molecule has 4 amide bonds. The second-order valence-corrected chi connectivity index (χ2v) is 10.9. The summed E-state index contributed by atoms with van der Waals surface area (Å²) in [5.74, 6) is -1.96. The predicted octanol–water partition coefficient (Wildman–Crippen LogP) is 1.50. The number of para-hydroxylation sites is 1. The summed E-state index contributed by atoms with van der Waals surface area (Å²) in [6, 6.07) is 23.1. The van der Waals surface area contributed by atoms with Crippen LogP contribution in [0.25, 0.3) is 10.9 Å². The third-order valence-electron chi connectivity index (χ3n) is 7.60. The number of hydrogen-bond donors (Lipinski definition) is 6. The molecule has 4 aromatic rings. The van der Waals surface area contributed by atoms with Crippen molar-refractivity contribution in [1.29, 1.82) is 0 Å². The number of hydrogen-bond acceptors (Lipinski definition) is 5. The zero-order valence-electron chi connectivity index (χ0n) is 23.7. The van der Waals surface area contributed by atoms with Crippen molar-refractivity contribution in [2.24, 2.45) is 5.73 Å². The van der Waals surface area contributed by atoms with Crippen molar-refractivity contribution in [3.63, 3.8) is 0 Å². The highest BCUT2D eigenvalue weighted by molar-refractivity contribution is 5.95. The van der Waals surface area contributed by atoms with Gasteiger partial charge in [-0.15, -0.1) is 0 Å². The Morgan fingerprint density at radius 2 is 1.26 bits per heavy atom. The molecule has 222 valence electrons. The minimum atomic E-state index is -1.13. The first-order chi connectivity index (χ1) is 20.9. The number of carbonyl (C=O) groups is 4. The predicted molar refractivity (Wildman–Crippen MR) is 164 cm³/mol. The summed E-state index contributed by atoms with van der Waals surface area (Å²) in [4.78, 5) is 56.7. The Labute approximate surface area is 249 Å². The van der Waals surface area contributed by atoms with Crippen molar-refractivity contribution < 1.29 is 19.2 Å². The van der Waals surface area contributed by atoms with E-state index in [4.69, 9.17) is 5.73 Å². The molecule has 0 aliphatic carbocycles. The van der Waals surface area contributed by atoms with Gasteiger partial charge in [0, 0.05) is 36.5 Å². The molecule has 4 atom stereocenters. The van der Waals surface area contributed by atoms with Crippen LogP contribution >= 0.6 is 0 Å². The van der Waals surface area contributed by atoms with E-state index in [9.17, 15) is 19.2 Å². The van der Waals surface area contributed by atoms with Gasteiger partial charge in [-0.3, -0.25) is 19.2 Å². The molecule has 0 saturated carbocycles. The van der Waals surface area contributed by atoms with Gasteiger partial charge in [-0.2, -0.15) is 0 Å². The number of benzene rings is 3. The number of aromatic nitrogens is 1. The van der Waals surface area contributed by atoms with Crippen LogP contribution in [0.4, 0.5) is 0 Å². The van der Waals surface area contributed by atoms with Crippen LogP contribution < -0.4 is 27.0 Å². The molecule has 0 unspecified atom stereocenters. The van der Waals surface area contributed by atoms with Crippen LogP contribution in [0.15, 0.2) is 91.1 Å². The molecule has 10 heteroatoms. The lowest BCUT2D eigenvalue weighted by Gasteiger charge is -2.27. The number of nitrogens with two attached hydrogens (primary N) is 1. The molecule has 5 rings (SSSR count). The number of aromatic amines is 1. The molecule has 10 nitrogen and oxygen atoms in total. The molecule has 43 heavy (non-hydrogen) atoms. The van der Waals surface area contributed by atoms with Gasteiger partial charge in [-0.25, -0.2) is 0 Å². The molecule has 1 aliphatic rings. The van der Waals surface area contributed by atoms with Gasteiger partial charge >= 0.3 is 0 Å². The third kappa shape index (κ3) is 7.87. The Hall–Kier alpha value is -4.96. The number of H-pyrrole nitrogens is 1. The first-order valence-corrected chi connectivity index (χ1v) is 14.4. The number of rotatable bonds is 6. The number of amides is 4. The smallest absolute Gasteiger partial charge is 0.243 e. The summed E-state index contributed by atoms with van der Waals surface area (Å²) in [5, 5.41) is 12.4. The summed E-state index contributed by atoms with van der Waals surface area (Å²) < 4.78 is 0. The first kappa shape index (κ1) is 29.5. The highest BCUT2D eigenvalue weighted by Crippen LogP contribution is 2.19. The molecule has 1 fully saturated rings. The Kier molecular flexibility index (Phi) is 9.48. The maximum absolute atomic E-state index is 13.8. The fourth-order valence-corrected chi connectivity index (χ4v) is 5.34. The van der Waals surface area contributed by atoms with Crippen molar-refractivity contribution in [3.8, 4) is 0 Å². The minimum absolute atomic E-state index is 0.101. The normalized spacial score (nSPS) is 22.2. The zero-order valence-corrected chi connectivity index (χ0v) is 23.7. The van der Waals surface area contributed by atoms with Gasteiger partial charge in [0.2, 0.25) is 23.6 Å². The lowest BCUT2D eigenvalue weighted by molar-refractivity contribution is -0.133. The Bertz CT molecular complexity index is 1570. The lowest BCUT2D eigenvalue weighted by Crippen LogP contribution is -2.59. The topological polar surface area (TPSA) is 158 Å². The number of nitrogens with one attached hydrogen (secondary N) is 5. The van der Waals surface area contributed by atoms with Gasteiger partial charge in [-0.1, -0.05) is 78.9 Å². The van der Waals surface area contributed by atoms with E-state index in [1.165, 1.54) is 0 Å². The largest absolute Gasteiger partial charge is 0.361 e. The van der Waals surface area contributed by atoms with Crippen LogP contribution in [0.1, 0.15) is 23.1 Å². The van der Waals surface area contributed by atoms with Crippen LogP contribution in [-0.2, 0) is 38.4 Å². The van der Waals surface area contributed by atoms with Gasteiger partial charge in [0.25, 0.3) is 0 Å². The van der Waals surface area contributed by atoms with E-state index >= 15 is 0 Å². The fraction of sp³-hybridized carbons (Fsp3) is 0.273. The van der Waals surface area contributed by atoms with E-state index in [2.05, 4.69) is 26.3 Å². The van der Waals surface area contributed by atoms with E-state index in [-0.39, 0.29) is 25.8 Å². The van der Waals surface area contributed by atoms with Crippen molar-refractivity contribution in [3.05, 3.63) is 108 Å². The maximum atomic E-state index is 13.8. The third-order valence-corrected chi connectivity index (χ3v) is 7.60. The highest BCUT2D eigenvalue weighted by Gasteiger charge is 2.31. The Morgan fingerprint density at radius 1 is 0.651 bits per heavy atom. The zero-order chi connectivity index (χ0) is 30.2. The van der Waals surface area contributed by atoms with Crippen LogP contribution in [-0.4, -0.2) is 59.3 Å². The van der Waals surface area contributed by atoms with Gasteiger partial charge < -0.3 is 32.0 Å². The monoisotopic (exact) mass is 580 g/mol. The molecule has 3 aromatic carbocycles. The second-order valence-electron chi connectivity index (χ2n) is 10.9.